The molecule has 1 aromatic carbocycles. The first-order valence-corrected chi connectivity index (χ1v) is 5.96. The summed E-state index contributed by atoms with van der Waals surface area (Å²) in [5, 5.41) is 0. The van der Waals surface area contributed by atoms with Crippen molar-refractivity contribution >= 4 is 17.4 Å². The molecule has 0 aliphatic heterocycles. The van der Waals surface area contributed by atoms with Crippen molar-refractivity contribution in [2.75, 3.05) is 23.8 Å². The van der Waals surface area contributed by atoms with Crippen LogP contribution in [0.2, 0.25) is 0 Å². The maximum Gasteiger partial charge on any atom is 0.124 e. The Morgan fingerprint density at radius 1 is 1.43 bits per heavy atom. The third kappa shape index (κ3) is 3.50. The number of benzene rings is 1. The number of thioether (sulfide) groups is 1. The van der Waals surface area contributed by atoms with Crippen molar-refractivity contribution in [2.24, 2.45) is 0 Å². The van der Waals surface area contributed by atoms with Crippen molar-refractivity contribution in [3.8, 4) is 5.75 Å². The number of hydrogen-bond acceptors (Lipinski definition) is 3. The van der Waals surface area contributed by atoms with E-state index in [0.717, 1.165) is 35.1 Å². The second-order valence-electron chi connectivity index (χ2n) is 3.07. The molecule has 78 valence electrons. The lowest BCUT2D eigenvalue weighted by atomic mass is 10.2. The third-order valence-electron chi connectivity index (χ3n) is 1.90. The molecule has 0 aliphatic carbocycles. The van der Waals surface area contributed by atoms with E-state index in [1.165, 1.54) is 0 Å². The highest BCUT2D eigenvalue weighted by molar-refractivity contribution is 7.99. The zero-order valence-electron chi connectivity index (χ0n) is 8.75. The summed E-state index contributed by atoms with van der Waals surface area (Å²) in [5.41, 5.74) is 7.57. The molecule has 1 aromatic rings. The van der Waals surface area contributed by atoms with E-state index in [0.29, 0.717) is 0 Å². The number of aryl methyl sites for hydroxylation is 1. The molecule has 0 atom stereocenters. The molecular weight excluding hydrogens is 194 g/mol. The van der Waals surface area contributed by atoms with Crippen LogP contribution >= 0.6 is 11.8 Å². The van der Waals surface area contributed by atoms with Crippen LogP contribution in [0.4, 0.5) is 5.69 Å². The Morgan fingerprint density at radius 2 is 2.21 bits per heavy atom. The van der Waals surface area contributed by atoms with E-state index in [2.05, 4.69) is 6.92 Å². The maximum absolute atomic E-state index is 5.67. The number of nitrogens with two attached hydrogens (primary N) is 1. The van der Waals surface area contributed by atoms with Crippen LogP contribution in [0.3, 0.4) is 0 Å². The molecule has 0 fully saturated rings. The molecule has 0 aromatic heterocycles. The smallest absolute Gasteiger partial charge is 0.124 e. The van der Waals surface area contributed by atoms with Gasteiger partial charge >= 0.3 is 0 Å². The molecule has 0 saturated heterocycles. The van der Waals surface area contributed by atoms with Gasteiger partial charge in [0, 0.05) is 17.5 Å². The normalized spacial score (nSPS) is 10.1. The highest BCUT2D eigenvalue weighted by atomic mass is 32.2. The van der Waals surface area contributed by atoms with Crippen LogP contribution in [-0.4, -0.2) is 18.1 Å². The van der Waals surface area contributed by atoms with Gasteiger partial charge in [-0.3, -0.25) is 0 Å². The summed E-state index contributed by atoms with van der Waals surface area (Å²) in [6, 6.07) is 5.76. The lowest BCUT2D eigenvalue weighted by Gasteiger charge is -2.09. The fourth-order valence-corrected chi connectivity index (χ4v) is 1.62. The largest absolute Gasteiger partial charge is 0.492 e. The zero-order valence-corrected chi connectivity index (χ0v) is 9.56. The van der Waals surface area contributed by atoms with Crippen LogP contribution in [0, 0.1) is 6.92 Å². The summed E-state index contributed by atoms with van der Waals surface area (Å²) in [6.07, 6.45) is 0. The fraction of sp³-hybridized carbons (Fsp3) is 0.455. The molecule has 0 amide bonds. The van der Waals surface area contributed by atoms with Crippen molar-refractivity contribution in [1.29, 1.82) is 0 Å². The van der Waals surface area contributed by atoms with Crippen LogP contribution in [0.1, 0.15) is 12.5 Å². The SMILES string of the molecule is CCSCCOc1cc(N)ccc1C. The zero-order chi connectivity index (χ0) is 10.4. The molecule has 0 heterocycles. The van der Waals surface area contributed by atoms with Crippen molar-refractivity contribution < 1.29 is 4.74 Å². The van der Waals surface area contributed by atoms with Crippen LogP contribution < -0.4 is 10.5 Å². The topological polar surface area (TPSA) is 35.2 Å². The Kier molecular flexibility index (Phi) is 4.66. The Bertz CT molecular complexity index is 289. The summed E-state index contributed by atoms with van der Waals surface area (Å²) in [6.45, 7) is 4.93. The minimum Gasteiger partial charge on any atom is -0.492 e. The van der Waals surface area contributed by atoms with E-state index in [1.54, 1.807) is 0 Å². The van der Waals surface area contributed by atoms with Crippen molar-refractivity contribution in [2.45, 2.75) is 13.8 Å². The highest BCUT2D eigenvalue weighted by Crippen LogP contribution is 2.20. The number of nitrogen functional groups attached to an aromatic ring is 1. The quantitative estimate of drug-likeness (QED) is 0.601. The molecular formula is C11H17NOS. The average molecular weight is 211 g/mol. The Hall–Kier alpha value is -0.830. The number of anilines is 1. The predicted octanol–water partition coefficient (Wildman–Crippen LogP) is 2.71. The summed E-state index contributed by atoms with van der Waals surface area (Å²) in [7, 11) is 0. The second-order valence-corrected chi connectivity index (χ2v) is 4.46. The summed E-state index contributed by atoms with van der Waals surface area (Å²) < 4.78 is 5.62. The molecule has 14 heavy (non-hydrogen) atoms. The Morgan fingerprint density at radius 3 is 2.93 bits per heavy atom. The van der Waals surface area contributed by atoms with E-state index >= 15 is 0 Å². The molecule has 2 nitrogen and oxygen atoms in total. The molecule has 2 N–H and O–H groups in total. The van der Waals surface area contributed by atoms with Gasteiger partial charge in [0.15, 0.2) is 0 Å². The Balaban J connectivity index is 2.45. The lowest BCUT2D eigenvalue weighted by molar-refractivity contribution is 0.342. The van der Waals surface area contributed by atoms with Crippen molar-refractivity contribution in [3.05, 3.63) is 23.8 Å². The van der Waals surface area contributed by atoms with Gasteiger partial charge in [-0.2, -0.15) is 11.8 Å². The highest BCUT2D eigenvalue weighted by Gasteiger charge is 1.99. The standard InChI is InChI=1S/C11H17NOS/c1-3-14-7-6-13-11-8-10(12)5-4-9(11)2/h4-5,8H,3,6-7,12H2,1-2H3. The molecule has 0 radical (unpaired) electrons. The van der Waals surface area contributed by atoms with E-state index in [1.807, 2.05) is 36.9 Å². The fourth-order valence-electron chi connectivity index (χ4n) is 1.13. The second kappa shape index (κ2) is 5.81. The summed E-state index contributed by atoms with van der Waals surface area (Å²) >= 11 is 1.88. The maximum atomic E-state index is 5.67. The van der Waals surface area contributed by atoms with Crippen LogP contribution in [-0.2, 0) is 0 Å². The van der Waals surface area contributed by atoms with E-state index in [4.69, 9.17) is 10.5 Å². The van der Waals surface area contributed by atoms with E-state index in [9.17, 15) is 0 Å². The minimum absolute atomic E-state index is 0.753. The van der Waals surface area contributed by atoms with Gasteiger partial charge in [-0.05, 0) is 24.3 Å². The van der Waals surface area contributed by atoms with Crippen molar-refractivity contribution in [3.63, 3.8) is 0 Å². The van der Waals surface area contributed by atoms with Gasteiger partial charge in [-0.15, -0.1) is 0 Å². The molecule has 0 aliphatic rings. The van der Waals surface area contributed by atoms with Gasteiger partial charge in [0.05, 0.1) is 6.61 Å². The molecule has 0 unspecified atom stereocenters. The van der Waals surface area contributed by atoms with Gasteiger partial charge in [-0.1, -0.05) is 13.0 Å². The monoisotopic (exact) mass is 211 g/mol. The van der Waals surface area contributed by atoms with Crippen LogP contribution in [0.15, 0.2) is 18.2 Å². The molecule has 0 spiro atoms. The Labute approximate surface area is 89.8 Å². The first-order chi connectivity index (χ1) is 6.74. The minimum atomic E-state index is 0.753. The molecule has 3 heteroatoms. The van der Waals surface area contributed by atoms with Crippen molar-refractivity contribution in [1.82, 2.24) is 0 Å². The van der Waals surface area contributed by atoms with Gasteiger partial charge in [0.25, 0.3) is 0 Å². The molecule has 1 rings (SSSR count). The number of rotatable bonds is 5. The first-order valence-electron chi connectivity index (χ1n) is 4.80. The number of hydrogen-bond donors (Lipinski definition) is 1. The van der Waals surface area contributed by atoms with Crippen LogP contribution in [0.5, 0.6) is 5.75 Å². The third-order valence-corrected chi connectivity index (χ3v) is 2.77. The average Bonchev–Trinajstić information content (AvgIpc) is 2.18. The van der Waals surface area contributed by atoms with Gasteiger partial charge < -0.3 is 10.5 Å². The van der Waals surface area contributed by atoms with Crippen LogP contribution in [0.25, 0.3) is 0 Å². The summed E-state index contributed by atoms with van der Waals surface area (Å²) in [4.78, 5) is 0. The van der Waals surface area contributed by atoms with E-state index < -0.39 is 0 Å². The first kappa shape index (κ1) is 11.2. The predicted molar refractivity (Wildman–Crippen MR) is 64.1 cm³/mol. The van der Waals surface area contributed by atoms with Gasteiger partial charge in [0.2, 0.25) is 0 Å². The lowest BCUT2D eigenvalue weighted by Crippen LogP contribution is -2.02. The van der Waals surface area contributed by atoms with E-state index in [-0.39, 0.29) is 0 Å². The summed E-state index contributed by atoms with van der Waals surface area (Å²) in [5.74, 6) is 3.07. The van der Waals surface area contributed by atoms with Gasteiger partial charge in [0.1, 0.15) is 5.75 Å². The molecule has 0 bridgehead atoms. The van der Waals surface area contributed by atoms with Gasteiger partial charge in [-0.25, -0.2) is 0 Å². The number of ether oxygens (including phenoxy) is 1. The molecule has 0 saturated carbocycles.